The lowest BCUT2D eigenvalue weighted by Crippen LogP contribution is -2.18. The van der Waals surface area contributed by atoms with Crippen LogP contribution in [0.25, 0.3) is 6.08 Å². The summed E-state index contributed by atoms with van der Waals surface area (Å²) in [6.07, 6.45) is 3.50. The minimum absolute atomic E-state index is 0.0903. The van der Waals surface area contributed by atoms with Gasteiger partial charge in [-0.05, 0) is 18.4 Å². The zero-order valence-electron chi connectivity index (χ0n) is 10.7. The van der Waals surface area contributed by atoms with Crippen LogP contribution in [0.5, 0.6) is 0 Å². The van der Waals surface area contributed by atoms with Crippen LogP contribution in [-0.2, 0) is 11.1 Å². The van der Waals surface area contributed by atoms with Crippen molar-refractivity contribution in [1.29, 1.82) is 0 Å². The largest absolute Gasteiger partial charge is 0.303 e. The summed E-state index contributed by atoms with van der Waals surface area (Å²) in [6, 6.07) is 1.79. The minimum Gasteiger partial charge on any atom is -0.303 e. The molecule has 1 aromatic rings. The number of Topliss-reactive ketones (excluding diaryl/α,β-unsaturated/α-hetero) is 1. The van der Waals surface area contributed by atoms with Gasteiger partial charge in [0.2, 0.25) is 0 Å². The van der Waals surface area contributed by atoms with Gasteiger partial charge < -0.3 is 4.55 Å². The Kier molecular flexibility index (Phi) is 5.33. The lowest BCUT2D eigenvalue weighted by atomic mass is 9.90. The molecular formula is C12H16O3S3. The molecule has 0 bridgehead atoms. The Morgan fingerprint density at radius 1 is 1.50 bits per heavy atom. The number of ketones is 1. The van der Waals surface area contributed by atoms with Gasteiger partial charge in [-0.15, -0.1) is 23.1 Å². The molecule has 0 aliphatic heterocycles. The molecule has 0 aliphatic carbocycles. The summed E-state index contributed by atoms with van der Waals surface area (Å²) in [5, 5.41) is 1.20. The maximum Gasteiger partial charge on any atom is 0.178 e. The topological polar surface area (TPSA) is 54.4 Å². The van der Waals surface area contributed by atoms with E-state index >= 15 is 0 Å². The normalized spacial score (nSPS) is 14.1. The third-order valence-corrected chi connectivity index (χ3v) is 4.85. The first-order valence-electron chi connectivity index (χ1n) is 5.26. The minimum atomic E-state index is -1.96. The molecule has 0 fully saturated rings. The number of thioether (sulfide) groups is 1. The van der Waals surface area contributed by atoms with E-state index in [2.05, 4.69) is 0 Å². The number of hydrogen-bond donors (Lipinski definition) is 1. The molecule has 0 saturated heterocycles. The van der Waals surface area contributed by atoms with E-state index in [9.17, 15) is 9.00 Å². The Morgan fingerprint density at radius 2 is 2.11 bits per heavy atom. The average molecular weight is 304 g/mol. The molecule has 1 unspecified atom stereocenters. The Morgan fingerprint density at radius 3 is 2.56 bits per heavy atom. The highest BCUT2D eigenvalue weighted by atomic mass is 32.2. The van der Waals surface area contributed by atoms with Crippen LogP contribution in [0, 0.1) is 5.41 Å². The number of thiophene rings is 1. The van der Waals surface area contributed by atoms with Crippen molar-refractivity contribution in [1.82, 2.24) is 0 Å². The van der Waals surface area contributed by atoms with Crippen LogP contribution < -0.4 is 0 Å². The first-order valence-corrected chi connectivity index (χ1v) is 8.47. The van der Waals surface area contributed by atoms with E-state index in [1.54, 1.807) is 12.1 Å². The molecule has 0 aromatic carbocycles. The Labute approximate surface area is 118 Å². The van der Waals surface area contributed by atoms with Crippen molar-refractivity contribution in [2.24, 2.45) is 5.41 Å². The third-order valence-electron chi connectivity index (χ3n) is 2.18. The molecule has 0 spiro atoms. The number of carbonyl (C=O) groups excluding carboxylic acids is 1. The van der Waals surface area contributed by atoms with E-state index in [4.69, 9.17) is 4.55 Å². The summed E-state index contributed by atoms with van der Waals surface area (Å²) < 4.78 is 20.3. The van der Waals surface area contributed by atoms with Gasteiger partial charge in [0.05, 0.1) is 9.09 Å². The molecule has 1 N–H and O–H groups in total. The molecule has 1 atom stereocenters. The third kappa shape index (κ3) is 4.05. The fraction of sp³-hybridized carbons (Fsp3) is 0.417. The Hall–Kier alpha value is -0.430. The zero-order chi connectivity index (χ0) is 13.9. The lowest BCUT2D eigenvalue weighted by molar-refractivity contribution is 0.0863. The zero-order valence-corrected chi connectivity index (χ0v) is 13.2. The van der Waals surface area contributed by atoms with Crippen molar-refractivity contribution in [3.63, 3.8) is 0 Å². The van der Waals surface area contributed by atoms with Crippen LogP contribution in [0.4, 0.5) is 0 Å². The second kappa shape index (κ2) is 6.14. The van der Waals surface area contributed by atoms with Gasteiger partial charge in [-0.2, -0.15) is 0 Å². The summed E-state index contributed by atoms with van der Waals surface area (Å²) in [4.78, 5) is 12.8. The van der Waals surface area contributed by atoms with Crippen molar-refractivity contribution >= 4 is 46.0 Å². The van der Waals surface area contributed by atoms with Crippen molar-refractivity contribution in [2.75, 3.05) is 6.26 Å². The van der Waals surface area contributed by atoms with Crippen LogP contribution in [-0.4, -0.2) is 20.8 Å². The molecule has 1 rings (SSSR count). The van der Waals surface area contributed by atoms with Gasteiger partial charge in [0.15, 0.2) is 16.9 Å². The van der Waals surface area contributed by atoms with Gasteiger partial charge >= 0.3 is 0 Å². The molecule has 0 radical (unpaired) electrons. The quantitative estimate of drug-likeness (QED) is 0.521. The van der Waals surface area contributed by atoms with Crippen molar-refractivity contribution < 1.29 is 13.6 Å². The molecule has 6 heteroatoms. The van der Waals surface area contributed by atoms with Crippen molar-refractivity contribution in [3.8, 4) is 0 Å². The molecule has 3 nitrogen and oxygen atoms in total. The van der Waals surface area contributed by atoms with E-state index in [1.165, 1.54) is 28.5 Å². The lowest BCUT2D eigenvalue weighted by Gasteiger charge is -2.14. The van der Waals surface area contributed by atoms with Gasteiger partial charge in [0, 0.05) is 16.4 Å². The van der Waals surface area contributed by atoms with E-state index in [1.807, 2.05) is 27.0 Å². The van der Waals surface area contributed by atoms with Crippen molar-refractivity contribution in [2.45, 2.75) is 25.0 Å². The van der Waals surface area contributed by atoms with Gasteiger partial charge in [0.25, 0.3) is 0 Å². The standard InChI is InChI=1S/C12H16O3S3/c1-12(2,3)10(13)9-7-8(5-6-18(14)15)11(16-4)17-9/h5-7H,1-4H3,(H,14,15)/b6-5+. The van der Waals surface area contributed by atoms with Crippen LogP contribution in [0.3, 0.4) is 0 Å². The number of rotatable bonds is 4. The monoisotopic (exact) mass is 304 g/mol. The summed E-state index contributed by atoms with van der Waals surface area (Å²) in [5.41, 5.74) is 0.406. The van der Waals surface area contributed by atoms with Crippen LogP contribution in [0.2, 0.25) is 0 Å². The summed E-state index contributed by atoms with van der Waals surface area (Å²) >= 11 is 0.993. The maximum atomic E-state index is 12.2. The Bertz CT molecular complexity index is 495. The van der Waals surface area contributed by atoms with Crippen LogP contribution in [0.1, 0.15) is 36.0 Å². The predicted octanol–water partition coefficient (Wildman–Crippen LogP) is 3.89. The first-order chi connectivity index (χ1) is 8.25. The molecule has 18 heavy (non-hydrogen) atoms. The van der Waals surface area contributed by atoms with E-state index < -0.39 is 16.5 Å². The van der Waals surface area contributed by atoms with Gasteiger partial charge in [-0.3, -0.25) is 4.79 Å². The molecule has 0 amide bonds. The highest BCUT2D eigenvalue weighted by molar-refractivity contribution is 8.00. The highest BCUT2D eigenvalue weighted by Crippen LogP contribution is 2.34. The second-order valence-corrected chi connectivity index (χ2v) is 7.67. The molecular weight excluding hydrogens is 288 g/mol. The fourth-order valence-electron chi connectivity index (χ4n) is 1.28. The summed E-state index contributed by atoms with van der Waals surface area (Å²) in [7, 11) is 0. The second-order valence-electron chi connectivity index (χ2n) is 4.72. The first kappa shape index (κ1) is 15.6. The molecule has 0 saturated carbocycles. The van der Waals surface area contributed by atoms with Gasteiger partial charge in [-0.25, -0.2) is 4.21 Å². The van der Waals surface area contributed by atoms with E-state index in [0.29, 0.717) is 4.88 Å². The maximum absolute atomic E-state index is 12.2. The molecule has 100 valence electrons. The average Bonchev–Trinajstić information content (AvgIpc) is 2.66. The Balaban J connectivity index is 3.12. The molecule has 1 heterocycles. The van der Waals surface area contributed by atoms with E-state index in [0.717, 1.165) is 9.77 Å². The molecule has 0 aliphatic rings. The van der Waals surface area contributed by atoms with E-state index in [-0.39, 0.29) is 5.78 Å². The fourth-order valence-corrected chi connectivity index (χ4v) is 3.53. The van der Waals surface area contributed by atoms with Crippen LogP contribution >= 0.6 is 23.1 Å². The summed E-state index contributed by atoms with van der Waals surface area (Å²) in [6.45, 7) is 5.64. The van der Waals surface area contributed by atoms with Gasteiger partial charge in [-0.1, -0.05) is 20.8 Å². The van der Waals surface area contributed by atoms with Crippen molar-refractivity contribution in [3.05, 3.63) is 21.9 Å². The number of hydrogen-bond acceptors (Lipinski definition) is 4. The highest BCUT2D eigenvalue weighted by Gasteiger charge is 2.25. The molecule has 1 aromatic heterocycles. The van der Waals surface area contributed by atoms with Crippen LogP contribution in [0.15, 0.2) is 15.7 Å². The SMILES string of the molecule is CSc1sc(C(=O)C(C)(C)C)cc1/C=C/S(=O)O. The smallest absolute Gasteiger partial charge is 0.178 e. The predicted molar refractivity (Wildman–Crippen MR) is 79.7 cm³/mol. The number of carbonyl (C=O) groups is 1. The summed E-state index contributed by atoms with van der Waals surface area (Å²) in [5.74, 6) is 0.0903. The van der Waals surface area contributed by atoms with Gasteiger partial charge in [0.1, 0.15) is 0 Å².